The monoisotopic (exact) mass is 219 g/mol. The molecule has 3 atom stereocenters. The van der Waals surface area contributed by atoms with Gasteiger partial charge in [-0.05, 0) is 32.6 Å². The van der Waals surface area contributed by atoms with Crippen molar-refractivity contribution in [3.8, 4) is 0 Å². The van der Waals surface area contributed by atoms with Crippen molar-refractivity contribution >= 4 is 9.84 Å². The summed E-state index contributed by atoms with van der Waals surface area (Å²) in [5.41, 5.74) is 5.80. The van der Waals surface area contributed by atoms with Gasteiger partial charge in [-0.15, -0.1) is 0 Å². The summed E-state index contributed by atoms with van der Waals surface area (Å²) in [4.78, 5) is 0. The zero-order valence-corrected chi connectivity index (χ0v) is 9.89. The number of nitrogens with two attached hydrogens (primary N) is 1. The first kappa shape index (κ1) is 12.0. The van der Waals surface area contributed by atoms with Gasteiger partial charge in [0.05, 0.1) is 10.5 Å². The lowest BCUT2D eigenvalue weighted by molar-refractivity contribution is 0.430. The highest BCUT2D eigenvalue weighted by atomic mass is 32.2. The fraction of sp³-hybridized carbons (Fsp3) is 1.00. The number of hydrogen-bond acceptors (Lipinski definition) is 3. The molecule has 1 saturated carbocycles. The van der Waals surface area contributed by atoms with E-state index in [1.807, 2.05) is 6.92 Å². The molecule has 0 saturated heterocycles. The molecule has 0 spiro atoms. The number of sulfone groups is 1. The zero-order chi connectivity index (χ0) is 10.8. The van der Waals surface area contributed by atoms with Gasteiger partial charge < -0.3 is 5.73 Å². The predicted octanol–water partition coefficient (Wildman–Crippen LogP) is 1.47. The summed E-state index contributed by atoms with van der Waals surface area (Å²) < 4.78 is 24.0. The minimum Gasteiger partial charge on any atom is -0.328 e. The van der Waals surface area contributed by atoms with Gasteiger partial charge in [-0.1, -0.05) is 13.3 Å². The van der Waals surface area contributed by atoms with Crippen LogP contribution in [0.25, 0.3) is 0 Å². The molecule has 0 bridgehead atoms. The molecular weight excluding hydrogens is 198 g/mol. The highest BCUT2D eigenvalue weighted by Crippen LogP contribution is 2.26. The molecule has 2 N–H and O–H groups in total. The molecule has 0 aromatic carbocycles. The molecule has 3 unspecified atom stereocenters. The summed E-state index contributed by atoms with van der Waals surface area (Å²) in [6.07, 6.45) is 4.11. The molecule has 0 aliphatic heterocycles. The van der Waals surface area contributed by atoms with E-state index in [1.54, 1.807) is 6.92 Å². The molecular formula is C10H21NO2S. The molecule has 1 aliphatic carbocycles. The van der Waals surface area contributed by atoms with Crippen LogP contribution >= 0.6 is 0 Å². The van der Waals surface area contributed by atoms with Crippen LogP contribution in [0.1, 0.15) is 46.0 Å². The van der Waals surface area contributed by atoms with Gasteiger partial charge in [0.15, 0.2) is 9.84 Å². The van der Waals surface area contributed by atoms with Gasteiger partial charge in [-0.25, -0.2) is 8.42 Å². The van der Waals surface area contributed by atoms with E-state index < -0.39 is 9.84 Å². The van der Waals surface area contributed by atoms with Gasteiger partial charge in [0.2, 0.25) is 0 Å². The van der Waals surface area contributed by atoms with Gasteiger partial charge in [0.25, 0.3) is 0 Å². The van der Waals surface area contributed by atoms with Crippen molar-refractivity contribution in [1.29, 1.82) is 0 Å². The van der Waals surface area contributed by atoms with Crippen molar-refractivity contribution in [3.05, 3.63) is 0 Å². The summed E-state index contributed by atoms with van der Waals surface area (Å²) in [6, 6.07) is 0.0904. The predicted molar refractivity (Wildman–Crippen MR) is 58.9 cm³/mol. The molecule has 0 heterocycles. The van der Waals surface area contributed by atoms with Crippen LogP contribution in [0, 0.1) is 0 Å². The van der Waals surface area contributed by atoms with E-state index in [0.29, 0.717) is 12.8 Å². The molecule has 1 aliphatic rings. The van der Waals surface area contributed by atoms with Crippen LogP contribution in [0.4, 0.5) is 0 Å². The molecule has 0 aromatic rings. The Morgan fingerprint density at radius 3 is 2.57 bits per heavy atom. The van der Waals surface area contributed by atoms with Crippen molar-refractivity contribution in [2.24, 2.45) is 5.73 Å². The minimum atomic E-state index is -2.93. The van der Waals surface area contributed by atoms with E-state index in [9.17, 15) is 8.42 Å². The maximum Gasteiger partial charge on any atom is 0.155 e. The smallest absolute Gasteiger partial charge is 0.155 e. The summed E-state index contributed by atoms with van der Waals surface area (Å²) in [6.45, 7) is 3.72. The first-order valence-electron chi connectivity index (χ1n) is 5.46. The summed E-state index contributed by atoms with van der Waals surface area (Å²) in [5, 5.41) is -0.390. The van der Waals surface area contributed by atoms with Gasteiger partial charge >= 0.3 is 0 Å². The van der Waals surface area contributed by atoms with E-state index in [2.05, 4.69) is 0 Å². The van der Waals surface area contributed by atoms with E-state index in [-0.39, 0.29) is 16.5 Å². The lowest BCUT2D eigenvalue weighted by atomic mass is 9.96. The third-order valence-electron chi connectivity index (χ3n) is 3.27. The lowest BCUT2D eigenvalue weighted by Gasteiger charge is -2.28. The quantitative estimate of drug-likeness (QED) is 0.782. The van der Waals surface area contributed by atoms with E-state index >= 15 is 0 Å². The molecule has 4 heteroatoms. The second-order valence-electron chi connectivity index (χ2n) is 4.36. The van der Waals surface area contributed by atoms with Crippen LogP contribution in [0.2, 0.25) is 0 Å². The van der Waals surface area contributed by atoms with Crippen molar-refractivity contribution in [3.63, 3.8) is 0 Å². The van der Waals surface area contributed by atoms with E-state index in [4.69, 9.17) is 5.73 Å². The number of hydrogen-bond donors (Lipinski definition) is 1. The lowest BCUT2D eigenvalue weighted by Crippen LogP contribution is -2.38. The Labute approximate surface area is 87.0 Å². The summed E-state index contributed by atoms with van der Waals surface area (Å²) >= 11 is 0. The second kappa shape index (κ2) is 4.62. The SMILES string of the molecule is CCC(C)S(=O)(=O)C1CCCC(N)C1. The third kappa shape index (κ3) is 2.48. The second-order valence-corrected chi connectivity index (χ2v) is 7.01. The molecule has 1 rings (SSSR count). The van der Waals surface area contributed by atoms with Gasteiger partial charge in [-0.2, -0.15) is 0 Å². The van der Waals surface area contributed by atoms with Gasteiger partial charge in [0, 0.05) is 6.04 Å². The fourth-order valence-corrected chi connectivity index (χ4v) is 4.17. The standard InChI is InChI=1S/C10H21NO2S/c1-3-8(2)14(12,13)10-6-4-5-9(11)7-10/h8-10H,3-7,11H2,1-2H3. The normalized spacial score (nSPS) is 31.4. The average molecular weight is 219 g/mol. The van der Waals surface area contributed by atoms with E-state index in [0.717, 1.165) is 19.3 Å². The Morgan fingerprint density at radius 2 is 2.07 bits per heavy atom. The molecule has 0 aromatic heterocycles. The summed E-state index contributed by atoms with van der Waals surface area (Å²) in [7, 11) is -2.93. The largest absolute Gasteiger partial charge is 0.328 e. The first-order chi connectivity index (χ1) is 6.48. The molecule has 0 radical (unpaired) electrons. The highest BCUT2D eigenvalue weighted by Gasteiger charge is 2.33. The van der Waals surface area contributed by atoms with Crippen molar-refractivity contribution in [2.75, 3.05) is 0 Å². The van der Waals surface area contributed by atoms with Gasteiger partial charge in [-0.3, -0.25) is 0 Å². The Morgan fingerprint density at radius 1 is 1.43 bits per heavy atom. The first-order valence-corrected chi connectivity index (χ1v) is 7.07. The maximum absolute atomic E-state index is 12.0. The Balaban J connectivity index is 2.72. The van der Waals surface area contributed by atoms with Crippen LogP contribution in [-0.2, 0) is 9.84 Å². The van der Waals surface area contributed by atoms with Crippen molar-refractivity contribution in [1.82, 2.24) is 0 Å². The topological polar surface area (TPSA) is 60.2 Å². The molecule has 3 nitrogen and oxygen atoms in total. The van der Waals surface area contributed by atoms with Crippen LogP contribution in [0.3, 0.4) is 0 Å². The Kier molecular flexibility index (Phi) is 3.95. The maximum atomic E-state index is 12.0. The van der Waals surface area contributed by atoms with Crippen LogP contribution in [-0.4, -0.2) is 25.0 Å². The third-order valence-corrected chi connectivity index (χ3v) is 6.08. The molecule has 84 valence electrons. The average Bonchev–Trinajstić information content (AvgIpc) is 2.16. The summed E-state index contributed by atoms with van der Waals surface area (Å²) in [5.74, 6) is 0. The zero-order valence-electron chi connectivity index (χ0n) is 9.07. The van der Waals surface area contributed by atoms with Crippen LogP contribution in [0.5, 0.6) is 0 Å². The Bertz CT molecular complexity index is 274. The highest BCUT2D eigenvalue weighted by molar-refractivity contribution is 7.92. The molecule has 0 amide bonds. The van der Waals surface area contributed by atoms with Crippen LogP contribution in [0.15, 0.2) is 0 Å². The van der Waals surface area contributed by atoms with Crippen molar-refractivity contribution < 1.29 is 8.42 Å². The van der Waals surface area contributed by atoms with E-state index in [1.165, 1.54) is 0 Å². The van der Waals surface area contributed by atoms with Crippen LogP contribution < -0.4 is 5.73 Å². The molecule has 14 heavy (non-hydrogen) atoms. The Hall–Kier alpha value is -0.0900. The fourth-order valence-electron chi connectivity index (χ4n) is 2.04. The molecule has 1 fully saturated rings. The minimum absolute atomic E-state index is 0.0904. The van der Waals surface area contributed by atoms with Gasteiger partial charge in [0.1, 0.15) is 0 Å². The van der Waals surface area contributed by atoms with Crippen molar-refractivity contribution in [2.45, 2.75) is 62.5 Å². The number of rotatable bonds is 3.